The van der Waals surface area contributed by atoms with E-state index in [0.29, 0.717) is 5.92 Å². The number of nitrogens with two attached hydrogens (primary N) is 1. The highest BCUT2D eigenvalue weighted by molar-refractivity contribution is 5.85. The summed E-state index contributed by atoms with van der Waals surface area (Å²) in [5, 5.41) is 17.6. The lowest BCUT2D eigenvalue weighted by Crippen LogP contribution is -2.27. The maximum absolute atomic E-state index is 8.70. The lowest BCUT2D eigenvalue weighted by Gasteiger charge is -2.03. The molecule has 0 saturated heterocycles. The molecule has 0 aromatic heterocycles. The molecule has 0 aromatic carbocycles. The molecule has 0 saturated carbocycles. The third-order valence-corrected chi connectivity index (χ3v) is 1.23. The van der Waals surface area contributed by atoms with Gasteiger partial charge in [0.1, 0.15) is 0 Å². The van der Waals surface area contributed by atoms with Crippen LogP contribution in [0.15, 0.2) is 5.10 Å². The van der Waals surface area contributed by atoms with Gasteiger partial charge in [-0.05, 0) is 12.8 Å². The van der Waals surface area contributed by atoms with E-state index in [1.54, 1.807) is 0 Å². The van der Waals surface area contributed by atoms with Crippen LogP contribution in [0.5, 0.6) is 0 Å². The number of rotatable bonds is 3. The van der Waals surface area contributed by atoms with E-state index in [-0.39, 0.29) is 13.9 Å². The van der Waals surface area contributed by atoms with Gasteiger partial charge in [-0.2, -0.15) is 5.10 Å². The van der Waals surface area contributed by atoms with Crippen molar-refractivity contribution in [3.63, 3.8) is 0 Å². The molecular weight excluding hydrogens is 188 g/mol. The Hall–Kier alpha value is -1.63. The van der Waals surface area contributed by atoms with Crippen molar-refractivity contribution in [1.29, 1.82) is 5.41 Å². The van der Waals surface area contributed by atoms with Crippen LogP contribution in [0.2, 0.25) is 0 Å². The van der Waals surface area contributed by atoms with Gasteiger partial charge in [0.2, 0.25) is 5.96 Å². The first-order valence-electron chi connectivity index (χ1n) is 3.83. The van der Waals surface area contributed by atoms with Crippen LogP contribution in [0.1, 0.15) is 22.2 Å². The van der Waals surface area contributed by atoms with Crippen LogP contribution in [0.25, 0.3) is 0 Å². The molecule has 0 aliphatic rings. The first-order chi connectivity index (χ1) is 6.45. The van der Waals surface area contributed by atoms with Crippen LogP contribution < -0.4 is 11.2 Å². The van der Waals surface area contributed by atoms with Crippen molar-refractivity contribution >= 4 is 18.1 Å². The van der Waals surface area contributed by atoms with Gasteiger partial charge < -0.3 is 10.6 Å². The van der Waals surface area contributed by atoms with Crippen LogP contribution in [0.4, 0.5) is 0 Å². The summed E-state index contributed by atoms with van der Waals surface area (Å²) >= 11 is 0. The molecule has 14 heavy (non-hydrogen) atoms. The van der Waals surface area contributed by atoms with Crippen LogP contribution in [0, 0.1) is 11.3 Å². The highest BCUT2D eigenvalue weighted by Gasteiger charge is 1.96. The number of hydrogen-bond acceptors (Lipinski definition) is 5. The summed E-state index contributed by atoms with van der Waals surface area (Å²) in [5.41, 5.74) is 8.32. The molecule has 0 aliphatic carbocycles. The van der Waals surface area contributed by atoms with Gasteiger partial charge in [-0.25, -0.2) is 10.7 Å². The second-order valence-electron chi connectivity index (χ2n) is 2.63. The fourth-order valence-electron chi connectivity index (χ4n) is 0.278. The smallest absolute Gasteiger partial charge is 0.330 e. The summed E-state index contributed by atoms with van der Waals surface area (Å²) in [7, 11) is 0. The minimum absolute atomic E-state index is 0. The quantitative estimate of drug-likeness (QED) is 0.175. The Morgan fingerprint density at radius 1 is 1.79 bits per heavy atom. The van der Waals surface area contributed by atoms with Crippen LogP contribution in [0.3, 0.4) is 0 Å². The number of hydrogen-bond donors (Lipinski definition) is 4. The molecule has 0 atom stereocenters. The van der Waals surface area contributed by atoms with Crippen molar-refractivity contribution in [2.75, 3.05) is 0 Å². The van der Waals surface area contributed by atoms with E-state index in [9.17, 15) is 0 Å². The lowest BCUT2D eigenvalue weighted by molar-refractivity contribution is -0.217. The molecule has 7 nitrogen and oxygen atoms in total. The van der Waals surface area contributed by atoms with Crippen molar-refractivity contribution in [2.45, 2.75) is 20.8 Å². The van der Waals surface area contributed by atoms with E-state index < -0.39 is 0 Å². The van der Waals surface area contributed by atoms with Gasteiger partial charge in [0.15, 0.2) is 0 Å². The minimum Gasteiger partial charge on any atom is -0.369 e. The average Bonchev–Trinajstić information content (AvgIpc) is 2.14. The van der Waals surface area contributed by atoms with E-state index >= 15 is 0 Å². The predicted octanol–water partition coefficient (Wildman–Crippen LogP) is 0.380. The number of guanidine groups is 1. The Morgan fingerprint density at radius 2 is 2.21 bits per heavy atom. The Morgan fingerprint density at radius 3 is 2.43 bits per heavy atom. The van der Waals surface area contributed by atoms with Gasteiger partial charge in [0, 0.05) is 7.14 Å². The maximum atomic E-state index is 8.70. The Bertz CT molecular complexity index is 208. The van der Waals surface area contributed by atoms with Crippen LogP contribution >= 0.6 is 0 Å². The highest BCUT2D eigenvalue weighted by Crippen LogP contribution is 1.93. The molecule has 0 aliphatic heterocycles. The van der Waals surface area contributed by atoms with E-state index in [1.165, 1.54) is 0 Å². The lowest BCUT2D eigenvalue weighted by atomic mass is 10.1. The van der Waals surface area contributed by atoms with Gasteiger partial charge in [-0.3, -0.25) is 10.2 Å². The van der Waals surface area contributed by atoms with E-state index in [1.807, 2.05) is 20.8 Å². The minimum atomic E-state index is -0.125. The van der Waals surface area contributed by atoms with Crippen molar-refractivity contribution in [1.82, 2.24) is 5.43 Å². The largest absolute Gasteiger partial charge is 0.369 e. The molecule has 0 heterocycles. The summed E-state index contributed by atoms with van der Waals surface area (Å²) in [6.45, 7) is 5.88. The van der Waals surface area contributed by atoms with Gasteiger partial charge in [-0.15, -0.1) is 0 Å². The zero-order chi connectivity index (χ0) is 11.6. The second kappa shape index (κ2) is 9.46. The van der Waals surface area contributed by atoms with Gasteiger partial charge in [-0.1, -0.05) is 13.8 Å². The van der Waals surface area contributed by atoms with Crippen molar-refractivity contribution in [3.8, 4) is 0 Å². The predicted molar refractivity (Wildman–Crippen MR) is 54.9 cm³/mol. The van der Waals surface area contributed by atoms with E-state index in [4.69, 9.17) is 21.2 Å². The molecular formula is C7H18N4O3. The normalized spacial score (nSPS) is 9.93. The average molecular weight is 206 g/mol. The number of nitrogens with one attached hydrogen (secondary N) is 2. The Kier molecular flexibility index (Phi) is 10.0. The molecule has 0 bridgehead atoms. The van der Waals surface area contributed by atoms with Crippen molar-refractivity contribution in [2.24, 2.45) is 16.8 Å². The first kappa shape index (κ1) is 14.9. The van der Waals surface area contributed by atoms with Crippen LogP contribution in [-0.4, -0.2) is 23.4 Å². The zero-order valence-corrected chi connectivity index (χ0v) is 8.44. The van der Waals surface area contributed by atoms with Crippen molar-refractivity contribution < 1.29 is 16.4 Å². The monoisotopic (exact) mass is 206 g/mol. The SMILES string of the molecule is C/C(=N\NC(=N)N)C(C)C.O=COO.[HH]. The number of hydrazone groups is 1. The summed E-state index contributed by atoms with van der Waals surface area (Å²) in [4.78, 5) is 11.6. The molecule has 0 fully saturated rings. The highest BCUT2D eigenvalue weighted by atomic mass is 17.1. The maximum Gasteiger partial charge on any atom is 0.330 e. The van der Waals surface area contributed by atoms with Gasteiger partial charge >= 0.3 is 6.47 Å². The Balaban J connectivity index is -0.000000249. The summed E-state index contributed by atoms with van der Waals surface area (Å²) in [6.07, 6.45) is 0. The summed E-state index contributed by atoms with van der Waals surface area (Å²) < 4.78 is 0. The van der Waals surface area contributed by atoms with E-state index in [2.05, 4.69) is 15.4 Å². The first-order valence-corrected chi connectivity index (χ1v) is 3.83. The fourth-order valence-corrected chi connectivity index (χ4v) is 0.278. The topological polar surface area (TPSA) is 121 Å². The zero-order valence-electron chi connectivity index (χ0n) is 8.44. The van der Waals surface area contributed by atoms with Gasteiger partial charge in [0.05, 0.1) is 0 Å². The third kappa shape index (κ3) is 13.0. The molecule has 0 radical (unpaired) electrons. The number of nitrogens with zero attached hydrogens (tertiary/aromatic N) is 1. The Labute approximate surface area is 83.9 Å². The second-order valence-corrected chi connectivity index (χ2v) is 2.63. The molecule has 5 N–H and O–H groups in total. The van der Waals surface area contributed by atoms with Crippen LogP contribution in [-0.2, 0) is 9.68 Å². The molecule has 0 amide bonds. The summed E-state index contributed by atoms with van der Waals surface area (Å²) in [5.74, 6) is 0.270. The molecule has 84 valence electrons. The van der Waals surface area contributed by atoms with Gasteiger partial charge in [0.25, 0.3) is 0 Å². The standard InChI is InChI=1S/C6H14N4.CH2O3.H2/c1-4(2)5(3)9-10-6(7)8;2-1-4-3;/h4H,1-3H3,(H4,7,8,10);1,3H;1H/b9-5+;;. The number of carbonyl (C=O) groups excluding carboxylic acids is 1. The third-order valence-electron chi connectivity index (χ3n) is 1.23. The molecule has 0 unspecified atom stereocenters. The summed E-state index contributed by atoms with van der Waals surface area (Å²) in [6, 6.07) is 0. The fraction of sp³-hybridized carbons (Fsp3) is 0.571. The molecule has 0 spiro atoms. The molecule has 7 heteroatoms. The molecule has 0 aromatic rings. The van der Waals surface area contributed by atoms with Crippen molar-refractivity contribution in [3.05, 3.63) is 0 Å². The molecule has 0 rings (SSSR count). The number of carbonyl (C=O) groups is 1. The van der Waals surface area contributed by atoms with E-state index in [0.717, 1.165) is 5.71 Å².